The van der Waals surface area contributed by atoms with E-state index in [1.165, 1.54) is 35.2 Å². The van der Waals surface area contributed by atoms with Crippen molar-refractivity contribution in [2.24, 2.45) is 5.10 Å². The van der Waals surface area contributed by atoms with Crippen LogP contribution in [0.1, 0.15) is 34.3 Å². The molecule has 0 atom stereocenters. The van der Waals surface area contributed by atoms with Gasteiger partial charge in [0.25, 0.3) is 0 Å². The van der Waals surface area contributed by atoms with E-state index in [9.17, 15) is 14.3 Å². The Morgan fingerprint density at radius 3 is 2.71 bits per heavy atom. The number of hydrazone groups is 1. The summed E-state index contributed by atoms with van der Waals surface area (Å²) in [5, 5.41) is 18.4. The number of halogens is 1. The Morgan fingerprint density at radius 2 is 2.04 bits per heavy atom. The zero-order valence-electron chi connectivity index (χ0n) is 15.2. The SMILES string of the molecule is Cc1ccc(-c2csc(N(N=Cc3ccc(F)cc3C(=O)O)C3CC3)n2)cc1. The average molecular weight is 395 g/mol. The predicted molar refractivity (Wildman–Crippen MR) is 109 cm³/mol. The maximum absolute atomic E-state index is 13.4. The van der Waals surface area contributed by atoms with Crippen molar-refractivity contribution in [3.63, 3.8) is 0 Å². The van der Waals surface area contributed by atoms with E-state index in [2.05, 4.69) is 5.10 Å². The molecule has 1 aliphatic carbocycles. The van der Waals surface area contributed by atoms with Gasteiger partial charge in [0, 0.05) is 16.5 Å². The van der Waals surface area contributed by atoms with Gasteiger partial charge in [0.05, 0.1) is 23.5 Å². The molecule has 5 nitrogen and oxygen atoms in total. The topological polar surface area (TPSA) is 65.8 Å². The highest BCUT2D eigenvalue weighted by molar-refractivity contribution is 7.14. The smallest absolute Gasteiger partial charge is 0.336 e. The normalized spacial score (nSPS) is 13.8. The third kappa shape index (κ3) is 3.94. The van der Waals surface area contributed by atoms with E-state index in [1.54, 1.807) is 0 Å². The van der Waals surface area contributed by atoms with E-state index in [0.29, 0.717) is 5.56 Å². The van der Waals surface area contributed by atoms with Crippen molar-refractivity contribution in [1.82, 2.24) is 4.98 Å². The van der Waals surface area contributed by atoms with Crippen LogP contribution >= 0.6 is 11.3 Å². The van der Waals surface area contributed by atoms with Crippen LogP contribution in [0, 0.1) is 12.7 Å². The summed E-state index contributed by atoms with van der Waals surface area (Å²) in [6.07, 6.45) is 3.48. The lowest BCUT2D eigenvalue weighted by molar-refractivity contribution is 0.0696. The quantitative estimate of drug-likeness (QED) is 0.473. The third-order valence-corrected chi connectivity index (χ3v) is 5.33. The first-order valence-corrected chi connectivity index (χ1v) is 9.78. The standard InChI is InChI=1S/C21H18FN3O2S/c1-13-2-4-14(5-3-13)19-12-28-21(24-19)25(17-8-9-17)23-11-15-6-7-16(22)10-18(15)20(26)27/h2-7,10-12,17H,8-9H2,1H3,(H,26,27). The highest BCUT2D eigenvalue weighted by atomic mass is 32.1. The zero-order valence-corrected chi connectivity index (χ0v) is 16.0. The summed E-state index contributed by atoms with van der Waals surface area (Å²) in [5.74, 6) is -1.77. The number of anilines is 1. The van der Waals surface area contributed by atoms with Crippen molar-refractivity contribution in [3.05, 3.63) is 70.4 Å². The van der Waals surface area contributed by atoms with Crippen LogP contribution in [0.4, 0.5) is 9.52 Å². The molecule has 0 aliphatic heterocycles. The molecule has 1 N–H and O–H groups in total. The molecule has 1 heterocycles. The Morgan fingerprint density at radius 1 is 1.29 bits per heavy atom. The molecular formula is C21H18FN3O2S. The Balaban J connectivity index is 1.62. The first-order valence-electron chi connectivity index (χ1n) is 8.90. The molecular weight excluding hydrogens is 377 g/mol. The van der Waals surface area contributed by atoms with Gasteiger partial charge in [-0.1, -0.05) is 29.8 Å². The molecule has 0 amide bonds. The third-order valence-electron chi connectivity index (χ3n) is 4.50. The number of aromatic nitrogens is 1. The first-order chi connectivity index (χ1) is 13.5. The maximum atomic E-state index is 13.4. The molecule has 7 heteroatoms. The number of benzene rings is 2. The number of hydrogen-bond acceptors (Lipinski definition) is 5. The Labute approximate surface area is 165 Å². The van der Waals surface area contributed by atoms with Gasteiger partial charge in [-0.15, -0.1) is 11.3 Å². The number of carboxylic acids is 1. The Kier molecular flexibility index (Phi) is 4.92. The van der Waals surface area contributed by atoms with Crippen molar-refractivity contribution in [2.45, 2.75) is 25.8 Å². The van der Waals surface area contributed by atoms with Crippen LogP contribution in [-0.2, 0) is 0 Å². The van der Waals surface area contributed by atoms with E-state index in [4.69, 9.17) is 4.98 Å². The second-order valence-electron chi connectivity index (χ2n) is 6.74. The number of hydrogen-bond donors (Lipinski definition) is 1. The molecule has 28 heavy (non-hydrogen) atoms. The minimum Gasteiger partial charge on any atom is -0.478 e. The number of nitrogens with zero attached hydrogens (tertiary/aromatic N) is 3. The molecule has 4 rings (SSSR count). The maximum Gasteiger partial charge on any atom is 0.336 e. The van der Waals surface area contributed by atoms with Gasteiger partial charge >= 0.3 is 5.97 Å². The van der Waals surface area contributed by atoms with Gasteiger partial charge in [-0.3, -0.25) is 0 Å². The molecule has 0 spiro atoms. The number of thiazole rings is 1. The van der Waals surface area contributed by atoms with Gasteiger partial charge in [0.2, 0.25) is 5.13 Å². The van der Waals surface area contributed by atoms with Gasteiger partial charge in [-0.05, 0) is 38.0 Å². The Bertz CT molecular complexity index is 1040. The summed E-state index contributed by atoms with van der Waals surface area (Å²) < 4.78 is 13.4. The van der Waals surface area contributed by atoms with E-state index in [0.717, 1.165) is 35.3 Å². The van der Waals surface area contributed by atoms with Crippen molar-refractivity contribution in [3.8, 4) is 11.3 Å². The lowest BCUT2D eigenvalue weighted by Gasteiger charge is -2.14. The van der Waals surface area contributed by atoms with Gasteiger partial charge in [0.15, 0.2) is 0 Å². The highest BCUT2D eigenvalue weighted by Crippen LogP contribution is 2.35. The molecule has 2 aromatic carbocycles. The number of carbonyl (C=O) groups is 1. The molecule has 142 valence electrons. The van der Waals surface area contributed by atoms with Crippen LogP contribution in [0.5, 0.6) is 0 Å². The summed E-state index contributed by atoms with van der Waals surface area (Å²) in [6, 6.07) is 12.1. The number of aryl methyl sites for hydroxylation is 1. The number of rotatable bonds is 6. The summed E-state index contributed by atoms with van der Waals surface area (Å²) in [6.45, 7) is 2.04. The average Bonchev–Trinajstić information content (AvgIpc) is 3.40. The van der Waals surface area contributed by atoms with Crippen LogP contribution in [0.25, 0.3) is 11.3 Å². The summed E-state index contributed by atoms with van der Waals surface area (Å²) in [4.78, 5) is 16.1. The van der Waals surface area contributed by atoms with Crippen molar-refractivity contribution in [2.75, 3.05) is 5.01 Å². The molecule has 3 aromatic rings. The molecule has 1 fully saturated rings. The summed E-state index contributed by atoms with van der Waals surface area (Å²) in [5.41, 5.74) is 3.36. The number of aromatic carboxylic acids is 1. The minimum absolute atomic E-state index is 0.112. The van der Waals surface area contributed by atoms with Crippen LogP contribution in [0.3, 0.4) is 0 Å². The second-order valence-corrected chi connectivity index (χ2v) is 7.57. The molecule has 1 aromatic heterocycles. The first kappa shape index (κ1) is 18.3. The predicted octanol–water partition coefficient (Wildman–Crippen LogP) is 4.96. The van der Waals surface area contributed by atoms with E-state index < -0.39 is 11.8 Å². The lowest BCUT2D eigenvalue weighted by atomic mass is 10.1. The van der Waals surface area contributed by atoms with Gasteiger partial charge in [-0.2, -0.15) is 5.10 Å². The van der Waals surface area contributed by atoms with Crippen LogP contribution in [0.15, 0.2) is 52.9 Å². The summed E-state index contributed by atoms with van der Waals surface area (Å²) in [7, 11) is 0. The lowest BCUT2D eigenvalue weighted by Crippen LogP contribution is -2.19. The molecule has 1 aliphatic rings. The largest absolute Gasteiger partial charge is 0.478 e. The fourth-order valence-electron chi connectivity index (χ4n) is 2.80. The van der Waals surface area contributed by atoms with Crippen molar-refractivity contribution in [1.29, 1.82) is 0 Å². The highest BCUT2D eigenvalue weighted by Gasteiger charge is 2.31. The summed E-state index contributed by atoms with van der Waals surface area (Å²) >= 11 is 1.50. The van der Waals surface area contributed by atoms with Gasteiger partial charge < -0.3 is 5.11 Å². The second kappa shape index (κ2) is 7.52. The minimum atomic E-state index is -1.19. The fraction of sp³-hybridized carbons (Fsp3) is 0.190. The van der Waals surface area contributed by atoms with Gasteiger partial charge in [-0.25, -0.2) is 19.2 Å². The van der Waals surface area contributed by atoms with Crippen molar-refractivity contribution >= 4 is 28.7 Å². The van der Waals surface area contributed by atoms with E-state index >= 15 is 0 Å². The molecule has 0 bridgehead atoms. The van der Waals surface area contributed by atoms with Gasteiger partial charge in [0.1, 0.15) is 5.82 Å². The van der Waals surface area contributed by atoms with Crippen molar-refractivity contribution < 1.29 is 14.3 Å². The molecule has 0 saturated heterocycles. The molecule has 1 saturated carbocycles. The van der Waals surface area contributed by atoms with Crippen LogP contribution < -0.4 is 5.01 Å². The zero-order chi connectivity index (χ0) is 19.7. The van der Waals surface area contributed by atoms with E-state index in [1.807, 2.05) is 41.6 Å². The Hall–Kier alpha value is -3.06. The fourth-order valence-corrected chi connectivity index (χ4v) is 3.66. The van der Waals surface area contributed by atoms with Crippen LogP contribution in [-0.4, -0.2) is 28.3 Å². The molecule has 0 unspecified atom stereocenters. The number of carboxylic acid groups (broad SMARTS) is 1. The molecule has 0 radical (unpaired) electrons. The van der Waals surface area contributed by atoms with E-state index in [-0.39, 0.29) is 11.6 Å². The monoisotopic (exact) mass is 395 g/mol. The van der Waals surface area contributed by atoms with Crippen LogP contribution in [0.2, 0.25) is 0 Å².